The lowest BCUT2D eigenvalue weighted by molar-refractivity contribution is -0.140. The molecule has 1 aliphatic rings. The standard InChI is InChI=1S/C38H41Cl2N3O4S/c1-27-19-21-32(22-20-27)48(46,47)43(31-16-9-11-28(2)23-31)26-37(44)42(25-33-34(39)17-10-18-35(33)40)36(24-29-12-5-3-6-13-29)38(45)41-30-14-7-4-8-15-30/h3,5-6,9-13,16-23,30,36H,4,7-8,14-15,24-26H2,1-2H3,(H,41,45)/t36-/m0/s1. The number of halogens is 2. The van der Waals surface area contributed by atoms with Crippen LogP contribution >= 0.6 is 23.2 Å². The van der Waals surface area contributed by atoms with Gasteiger partial charge in [0.15, 0.2) is 0 Å². The van der Waals surface area contributed by atoms with Gasteiger partial charge in [0.05, 0.1) is 10.6 Å². The first-order valence-electron chi connectivity index (χ1n) is 16.3. The molecule has 0 radical (unpaired) electrons. The molecule has 0 saturated heterocycles. The summed E-state index contributed by atoms with van der Waals surface area (Å²) in [7, 11) is -4.20. The van der Waals surface area contributed by atoms with Crippen molar-refractivity contribution in [2.24, 2.45) is 0 Å². The maximum Gasteiger partial charge on any atom is 0.264 e. The van der Waals surface area contributed by atoms with Crippen LogP contribution in [0.3, 0.4) is 0 Å². The Labute approximate surface area is 293 Å². The fourth-order valence-electron chi connectivity index (χ4n) is 6.10. The van der Waals surface area contributed by atoms with Crippen LogP contribution in [0.5, 0.6) is 0 Å². The Kier molecular flexibility index (Phi) is 11.8. The first-order valence-corrected chi connectivity index (χ1v) is 18.5. The highest BCUT2D eigenvalue weighted by Crippen LogP contribution is 2.30. The van der Waals surface area contributed by atoms with Crippen LogP contribution in [0, 0.1) is 13.8 Å². The average molecular weight is 707 g/mol. The number of amides is 2. The van der Waals surface area contributed by atoms with E-state index in [0.717, 1.165) is 53.1 Å². The van der Waals surface area contributed by atoms with Gasteiger partial charge in [-0.25, -0.2) is 8.42 Å². The maximum atomic E-state index is 14.8. The molecule has 48 heavy (non-hydrogen) atoms. The van der Waals surface area contributed by atoms with E-state index >= 15 is 0 Å². The lowest BCUT2D eigenvalue weighted by Crippen LogP contribution is -2.55. The molecule has 10 heteroatoms. The minimum absolute atomic E-state index is 0.00363. The maximum absolute atomic E-state index is 14.8. The van der Waals surface area contributed by atoms with Crippen LogP contribution in [0.15, 0.2) is 102 Å². The zero-order chi connectivity index (χ0) is 34.3. The van der Waals surface area contributed by atoms with Crippen molar-refractivity contribution >= 4 is 50.7 Å². The van der Waals surface area contributed by atoms with Crippen molar-refractivity contribution < 1.29 is 18.0 Å². The number of rotatable bonds is 12. The Bertz CT molecular complexity index is 1810. The summed E-state index contributed by atoms with van der Waals surface area (Å²) in [6, 6.07) is 27.1. The van der Waals surface area contributed by atoms with Crippen LogP contribution in [0.1, 0.15) is 54.4 Å². The number of sulfonamides is 1. The van der Waals surface area contributed by atoms with Gasteiger partial charge in [0, 0.05) is 34.6 Å². The van der Waals surface area contributed by atoms with Gasteiger partial charge in [0.2, 0.25) is 11.8 Å². The van der Waals surface area contributed by atoms with E-state index in [1.807, 2.05) is 50.2 Å². The Morgan fingerprint density at radius 1 is 0.812 bits per heavy atom. The molecule has 4 aromatic carbocycles. The summed E-state index contributed by atoms with van der Waals surface area (Å²) in [6.45, 7) is 3.09. The smallest absolute Gasteiger partial charge is 0.264 e. The molecule has 0 heterocycles. The highest BCUT2D eigenvalue weighted by molar-refractivity contribution is 7.92. The van der Waals surface area contributed by atoms with Crippen LogP contribution in [0.4, 0.5) is 5.69 Å². The first-order chi connectivity index (χ1) is 23.0. The summed E-state index contributed by atoms with van der Waals surface area (Å²) in [5, 5.41) is 3.90. The summed E-state index contributed by atoms with van der Waals surface area (Å²) >= 11 is 13.3. The van der Waals surface area contributed by atoms with Crippen LogP contribution in [-0.2, 0) is 32.6 Å². The SMILES string of the molecule is Cc1ccc(S(=O)(=O)N(CC(=O)N(Cc2c(Cl)cccc2Cl)[C@@H](Cc2ccccc2)C(=O)NC2CCCCC2)c2cccc(C)c2)cc1. The molecule has 0 bridgehead atoms. The zero-order valence-corrected chi connectivity index (χ0v) is 29.6. The number of anilines is 1. The molecule has 0 unspecified atom stereocenters. The summed E-state index contributed by atoms with van der Waals surface area (Å²) < 4.78 is 29.7. The summed E-state index contributed by atoms with van der Waals surface area (Å²) in [6.07, 6.45) is 5.11. The van der Waals surface area contributed by atoms with E-state index in [1.165, 1.54) is 17.0 Å². The lowest BCUT2D eigenvalue weighted by atomic mass is 9.94. The molecule has 0 aromatic heterocycles. The Morgan fingerprint density at radius 3 is 2.10 bits per heavy atom. The molecule has 0 spiro atoms. The van der Waals surface area contributed by atoms with Crippen molar-refractivity contribution in [1.29, 1.82) is 0 Å². The highest BCUT2D eigenvalue weighted by Gasteiger charge is 2.36. The number of carbonyl (C=O) groups is 2. The molecule has 4 aromatic rings. The lowest BCUT2D eigenvalue weighted by Gasteiger charge is -2.35. The Hall–Kier alpha value is -3.85. The Balaban J connectivity index is 1.59. The van der Waals surface area contributed by atoms with Gasteiger partial charge < -0.3 is 10.2 Å². The van der Waals surface area contributed by atoms with Crippen molar-refractivity contribution in [2.45, 2.75) is 75.9 Å². The normalized spacial score (nSPS) is 14.2. The van der Waals surface area contributed by atoms with Crippen LogP contribution in [-0.4, -0.2) is 43.8 Å². The van der Waals surface area contributed by atoms with E-state index in [0.29, 0.717) is 21.3 Å². The van der Waals surface area contributed by atoms with E-state index in [-0.39, 0.29) is 29.8 Å². The minimum atomic E-state index is -4.20. The van der Waals surface area contributed by atoms with Gasteiger partial charge in [0.25, 0.3) is 10.0 Å². The van der Waals surface area contributed by atoms with E-state index < -0.39 is 28.5 Å². The third kappa shape index (κ3) is 8.78. The van der Waals surface area contributed by atoms with Crippen molar-refractivity contribution in [3.05, 3.63) is 129 Å². The second-order valence-corrected chi connectivity index (χ2v) is 15.1. The predicted octanol–water partition coefficient (Wildman–Crippen LogP) is 7.89. The van der Waals surface area contributed by atoms with Crippen molar-refractivity contribution in [1.82, 2.24) is 10.2 Å². The molecule has 1 atom stereocenters. The van der Waals surface area contributed by atoms with Crippen LogP contribution in [0.25, 0.3) is 0 Å². The molecule has 1 aliphatic carbocycles. The van der Waals surface area contributed by atoms with Gasteiger partial charge in [-0.1, -0.05) is 109 Å². The molecule has 2 amide bonds. The topological polar surface area (TPSA) is 86.8 Å². The largest absolute Gasteiger partial charge is 0.352 e. The predicted molar refractivity (Wildman–Crippen MR) is 193 cm³/mol. The molecular formula is C38H41Cl2N3O4S. The summed E-state index contributed by atoms with van der Waals surface area (Å²) in [5.41, 5.74) is 3.40. The monoisotopic (exact) mass is 705 g/mol. The number of aryl methyl sites for hydroxylation is 2. The number of nitrogens with one attached hydrogen (secondary N) is 1. The number of hydrogen-bond donors (Lipinski definition) is 1. The van der Waals surface area contributed by atoms with Gasteiger partial charge in [-0.05, 0) is 74.2 Å². The molecule has 1 fully saturated rings. The van der Waals surface area contributed by atoms with Crippen molar-refractivity contribution in [2.75, 3.05) is 10.8 Å². The fraction of sp³-hybridized carbons (Fsp3) is 0.316. The van der Waals surface area contributed by atoms with Gasteiger partial charge in [-0.2, -0.15) is 0 Å². The van der Waals surface area contributed by atoms with Crippen LogP contribution in [0.2, 0.25) is 10.0 Å². The van der Waals surface area contributed by atoms with Gasteiger partial charge in [-0.3, -0.25) is 13.9 Å². The van der Waals surface area contributed by atoms with Gasteiger partial charge in [-0.15, -0.1) is 0 Å². The van der Waals surface area contributed by atoms with E-state index in [9.17, 15) is 18.0 Å². The highest BCUT2D eigenvalue weighted by atomic mass is 35.5. The summed E-state index contributed by atoms with van der Waals surface area (Å²) in [5.74, 6) is -0.867. The Morgan fingerprint density at radius 2 is 1.46 bits per heavy atom. The molecule has 5 rings (SSSR count). The van der Waals surface area contributed by atoms with Gasteiger partial charge in [0.1, 0.15) is 12.6 Å². The van der Waals surface area contributed by atoms with Crippen molar-refractivity contribution in [3.8, 4) is 0 Å². The van der Waals surface area contributed by atoms with Gasteiger partial charge >= 0.3 is 0 Å². The number of benzene rings is 4. The zero-order valence-electron chi connectivity index (χ0n) is 27.2. The summed E-state index contributed by atoms with van der Waals surface area (Å²) in [4.78, 5) is 30.5. The third-order valence-electron chi connectivity index (χ3n) is 8.79. The number of hydrogen-bond acceptors (Lipinski definition) is 4. The molecule has 252 valence electrons. The molecule has 7 nitrogen and oxygen atoms in total. The van der Waals surface area contributed by atoms with E-state index in [2.05, 4.69) is 5.32 Å². The molecule has 1 N–H and O–H groups in total. The molecule has 1 saturated carbocycles. The number of nitrogens with zero attached hydrogens (tertiary/aromatic N) is 2. The van der Waals surface area contributed by atoms with E-state index in [1.54, 1.807) is 48.5 Å². The number of carbonyl (C=O) groups excluding carboxylic acids is 2. The third-order valence-corrected chi connectivity index (χ3v) is 11.3. The molecular weight excluding hydrogens is 665 g/mol. The van der Waals surface area contributed by atoms with Crippen LogP contribution < -0.4 is 9.62 Å². The second-order valence-electron chi connectivity index (χ2n) is 12.4. The average Bonchev–Trinajstić information content (AvgIpc) is 3.07. The van der Waals surface area contributed by atoms with E-state index in [4.69, 9.17) is 23.2 Å². The van der Waals surface area contributed by atoms with Crippen molar-refractivity contribution in [3.63, 3.8) is 0 Å². The minimum Gasteiger partial charge on any atom is -0.352 e. The fourth-order valence-corrected chi connectivity index (χ4v) is 8.02. The first kappa shape index (κ1) is 35.5. The molecule has 0 aliphatic heterocycles. The quantitative estimate of drug-likeness (QED) is 0.162. The second kappa shape index (κ2) is 16.0.